The topological polar surface area (TPSA) is 99.8 Å². The lowest BCUT2D eigenvalue weighted by molar-refractivity contribution is -0.139. The number of hydrogen-bond donors (Lipinski definition) is 1. The summed E-state index contributed by atoms with van der Waals surface area (Å²) in [7, 11) is 0. The van der Waals surface area contributed by atoms with Crippen LogP contribution < -0.4 is 21.7 Å². The highest BCUT2D eigenvalue weighted by molar-refractivity contribution is 6.32. The van der Waals surface area contributed by atoms with Crippen molar-refractivity contribution in [2.24, 2.45) is 4.99 Å². The highest BCUT2D eigenvalue weighted by atomic mass is 35.5. The Balaban J connectivity index is 1.79. The third kappa shape index (κ3) is 6.28. The summed E-state index contributed by atoms with van der Waals surface area (Å²) in [6.07, 6.45) is -0.492. The molecule has 0 saturated carbocycles. The second-order valence-corrected chi connectivity index (χ2v) is 10.0. The number of halogens is 2. The molecule has 1 aliphatic heterocycles. The summed E-state index contributed by atoms with van der Waals surface area (Å²) < 4.78 is 19.5. The molecular weight excluding hydrogens is 507 g/mol. The van der Waals surface area contributed by atoms with Crippen molar-refractivity contribution in [2.45, 2.75) is 58.8 Å². The number of aromatic nitrogens is 3. The van der Waals surface area contributed by atoms with Crippen molar-refractivity contribution < 1.29 is 14.2 Å². The second-order valence-electron chi connectivity index (χ2n) is 9.20. The van der Waals surface area contributed by atoms with Crippen LogP contribution in [0.25, 0.3) is 0 Å². The molecule has 0 aliphatic carbocycles. The number of aromatic amines is 1. The van der Waals surface area contributed by atoms with Crippen LogP contribution in [0.2, 0.25) is 10.0 Å². The Morgan fingerprint density at radius 3 is 2.47 bits per heavy atom. The van der Waals surface area contributed by atoms with Crippen LogP contribution in [0.4, 0.5) is 5.69 Å². The number of rotatable bonds is 7. The lowest BCUT2D eigenvalue weighted by atomic mass is 10.2. The monoisotopic (exact) mass is 534 g/mol. The molecule has 4 rings (SSSR count). The van der Waals surface area contributed by atoms with Gasteiger partial charge in [0.1, 0.15) is 11.9 Å². The van der Waals surface area contributed by atoms with Gasteiger partial charge in [0.05, 0.1) is 36.5 Å². The summed E-state index contributed by atoms with van der Waals surface area (Å²) >= 11 is 12.4. The quantitative estimate of drug-likeness (QED) is 0.496. The molecule has 1 N–H and O–H groups in total. The van der Waals surface area contributed by atoms with E-state index in [4.69, 9.17) is 37.4 Å². The van der Waals surface area contributed by atoms with Gasteiger partial charge < -0.3 is 14.2 Å². The lowest BCUT2D eigenvalue weighted by Crippen LogP contribution is -2.51. The van der Waals surface area contributed by atoms with Crippen molar-refractivity contribution >= 4 is 28.9 Å². The zero-order valence-corrected chi connectivity index (χ0v) is 22.0. The van der Waals surface area contributed by atoms with Gasteiger partial charge in [-0.05, 0) is 63.6 Å². The van der Waals surface area contributed by atoms with E-state index < -0.39 is 23.3 Å². The van der Waals surface area contributed by atoms with Crippen molar-refractivity contribution in [1.29, 1.82) is 0 Å². The van der Waals surface area contributed by atoms with E-state index in [1.165, 1.54) is 4.57 Å². The van der Waals surface area contributed by atoms with E-state index in [1.807, 2.05) is 13.8 Å². The number of benzene rings is 2. The van der Waals surface area contributed by atoms with Crippen LogP contribution in [-0.2, 0) is 22.6 Å². The maximum absolute atomic E-state index is 13.5. The zero-order valence-electron chi connectivity index (χ0n) is 20.5. The first-order chi connectivity index (χ1) is 17.0. The smallest absolute Gasteiger partial charge is 0.335 e. The first-order valence-electron chi connectivity index (χ1n) is 11.5. The van der Waals surface area contributed by atoms with E-state index in [0.29, 0.717) is 21.5 Å². The fraction of sp³-hybridized carbons (Fsp3) is 0.400. The predicted molar refractivity (Wildman–Crippen MR) is 137 cm³/mol. The summed E-state index contributed by atoms with van der Waals surface area (Å²) in [5.74, 6) is -0.259. The van der Waals surface area contributed by atoms with E-state index in [2.05, 4.69) is 9.98 Å². The summed E-state index contributed by atoms with van der Waals surface area (Å²) in [4.78, 5) is 33.8. The average Bonchev–Trinajstić information content (AvgIpc) is 3.15. The maximum atomic E-state index is 13.5. The van der Waals surface area contributed by atoms with Gasteiger partial charge in [-0.3, -0.25) is 9.55 Å². The van der Waals surface area contributed by atoms with Gasteiger partial charge in [-0.25, -0.2) is 19.1 Å². The van der Waals surface area contributed by atoms with Crippen LogP contribution in [0, 0.1) is 0 Å². The molecule has 192 valence electrons. The van der Waals surface area contributed by atoms with Crippen LogP contribution in [0.15, 0.2) is 57.0 Å². The average molecular weight is 535 g/mol. The number of hydrogen-bond acceptors (Lipinski definition) is 6. The van der Waals surface area contributed by atoms with E-state index in [0.717, 1.165) is 10.1 Å². The Bertz CT molecular complexity index is 1420. The van der Waals surface area contributed by atoms with Crippen molar-refractivity contribution in [3.05, 3.63) is 84.7 Å². The van der Waals surface area contributed by atoms with Gasteiger partial charge in [0.15, 0.2) is 5.79 Å². The SMILES string of the molecule is CC(C)Oc1ccc(N=c2[nH]c(=O)n(C[C@@H]3COC(C)(C)O3)c(=O)n2Cc2ccc(Cl)cc2)cc1Cl. The number of nitrogens with zero attached hydrogens (tertiary/aromatic N) is 3. The molecule has 2 aromatic carbocycles. The van der Waals surface area contributed by atoms with E-state index in [1.54, 1.807) is 56.3 Å². The molecular formula is C25H28Cl2N4O5. The Kier molecular flexibility index (Phi) is 7.75. The maximum Gasteiger partial charge on any atom is 0.335 e. The molecule has 0 amide bonds. The summed E-state index contributed by atoms with van der Waals surface area (Å²) in [6.45, 7) is 7.82. The molecule has 36 heavy (non-hydrogen) atoms. The van der Waals surface area contributed by atoms with Crippen LogP contribution in [0.5, 0.6) is 5.75 Å². The molecule has 0 bridgehead atoms. The molecule has 11 heteroatoms. The Labute approximate surface area is 217 Å². The molecule has 0 spiro atoms. The van der Waals surface area contributed by atoms with Crippen LogP contribution >= 0.6 is 23.2 Å². The second kappa shape index (κ2) is 10.6. The molecule has 9 nitrogen and oxygen atoms in total. The third-order valence-electron chi connectivity index (χ3n) is 5.40. The molecule has 1 aromatic heterocycles. The summed E-state index contributed by atoms with van der Waals surface area (Å²) in [5.41, 5.74) is 0.186. The molecule has 0 radical (unpaired) electrons. The lowest BCUT2D eigenvalue weighted by Gasteiger charge is -2.18. The van der Waals surface area contributed by atoms with Crippen molar-refractivity contribution in [2.75, 3.05) is 6.61 Å². The van der Waals surface area contributed by atoms with Gasteiger partial charge >= 0.3 is 11.4 Å². The predicted octanol–water partition coefficient (Wildman–Crippen LogP) is 3.86. The van der Waals surface area contributed by atoms with Crippen molar-refractivity contribution in [3.63, 3.8) is 0 Å². The van der Waals surface area contributed by atoms with Gasteiger partial charge in [0.25, 0.3) is 0 Å². The first kappa shape index (κ1) is 26.2. The highest BCUT2D eigenvalue weighted by Gasteiger charge is 2.33. The molecule has 1 fully saturated rings. The Morgan fingerprint density at radius 1 is 1.14 bits per heavy atom. The number of H-pyrrole nitrogens is 1. The molecule has 0 unspecified atom stereocenters. The molecule has 2 heterocycles. The van der Waals surface area contributed by atoms with Crippen LogP contribution in [-0.4, -0.2) is 38.7 Å². The van der Waals surface area contributed by atoms with Gasteiger partial charge in [0, 0.05) is 5.02 Å². The minimum atomic E-state index is -0.777. The van der Waals surface area contributed by atoms with Gasteiger partial charge in [-0.2, -0.15) is 0 Å². The normalized spacial score (nSPS) is 17.6. The van der Waals surface area contributed by atoms with Gasteiger partial charge in [-0.15, -0.1) is 0 Å². The van der Waals surface area contributed by atoms with E-state index in [-0.39, 0.29) is 31.4 Å². The highest BCUT2D eigenvalue weighted by Crippen LogP contribution is 2.29. The van der Waals surface area contributed by atoms with E-state index in [9.17, 15) is 9.59 Å². The molecule has 1 saturated heterocycles. The van der Waals surface area contributed by atoms with E-state index >= 15 is 0 Å². The van der Waals surface area contributed by atoms with Crippen LogP contribution in [0.3, 0.4) is 0 Å². The van der Waals surface area contributed by atoms with Gasteiger partial charge in [0.2, 0.25) is 5.62 Å². The Hall–Kier alpha value is -2.85. The molecule has 1 atom stereocenters. The Morgan fingerprint density at radius 2 is 1.86 bits per heavy atom. The largest absolute Gasteiger partial charge is 0.489 e. The zero-order chi connectivity index (χ0) is 26.0. The first-order valence-corrected chi connectivity index (χ1v) is 12.3. The third-order valence-corrected chi connectivity index (χ3v) is 5.95. The minimum Gasteiger partial charge on any atom is -0.489 e. The number of ether oxygens (including phenoxy) is 3. The molecule has 3 aromatic rings. The molecule has 1 aliphatic rings. The number of nitrogens with one attached hydrogen (secondary N) is 1. The fourth-order valence-electron chi connectivity index (χ4n) is 3.81. The minimum absolute atomic E-state index is 0.0333. The standard InChI is InChI=1S/C25H28Cl2N4O5/c1-15(2)35-21-10-9-18(11-20(21)27)28-22-29-23(32)31(13-19-14-34-25(3,4)36-19)24(33)30(22)12-16-5-7-17(26)8-6-16/h5-11,15,19H,12-14H2,1-4H3,(H,28,29,32)/t19-/m1/s1. The van der Waals surface area contributed by atoms with Crippen molar-refractivity contribution in [3.8, 4) is 5.75 Å². The van der Waals surface area contributed by atoms with Gasteiger partial charge in [-0.1, -0.05) is 35.3 Å². The fourth-order valence-corrected chi connectivity index (χ4v) is 4.15. The summed E-state index contributed by atoms with van der Waals surface area (Å²) in [5, 5.41) is 0.942. The summed E-state index contributed by atoms with van der Waals surface area (Å²) in [6, 6.07) is 12.1. The van der Waals surface area contributed by atoms with Crippen LogP contribution in [0.1, 0.15) is 33.3 Å². The van der Waals surface area contributed by atoms with Crippen molar-refractivity contribution in [1.82, 2.24) is 14.1 Å².